The van der Waals surface area contributed by atoms with Crippen molar-refractivity contribution in [1.82, 2.24) is 9.97 Å². The molecular weight excluding hydrogens is 358 g/mol. The number of anilines is 1. The van der Waals surface area contributed by atoms with Crippen LogP contribution in [0.5, 0.6) is 5.75 Å². The van der Waals surface area contributed by atoms with Crippen molar-refractivity contribution in [3.05, 3.63) is 72.4 Å². The Balaban J connectivity index is 1.63. The molecule has 27 heavy (non-hydrogen) atoms. The molecule has 0 aliphatic carbocycles. The highest BCUT2D eigenvalue weighted by atomic mass is 32.1. The zero-order valence-electron chi connectivity index (χ0n) is 14.7. The normalized spacial score (nSPS) is 10.7. The summed E-state index contributed by atoms with van der Waals surface area (Å²) in [5.41, 5.74) is 2.68. The Kier molecular flexibility index (Phi) is 4.80. The Bertz CT molecular complexity index is 1060. The maximum atomic E-state index is 12.8. The molecule has 0 unspecified atom stereocenters. The summed E-state index contributed by atoms with van der Waals surface area (Å²) in [6.07, 6.45) is 1.68. The highest BCUT2D eigenvalue weighted by Crippen LogP contribution is 2.31. The van der Waals surface area contributed by atoms with E-state index in [1.165, 1.54) is 11.3 Å². The minimum atomic E-state index is -0.221. The number of rotatable bonds is 5. The lowest BCUT2D eigenvalue weighted by molar-refractivity contribution is 0.102. The van der Waals surface area contributed by atoms with Crippen LogP contribution in [0.3, 0.4) is 0 Å². The van der Waals surface area contributed by atoms with Gasteiger partial charge in [-0.2, -0.15) is 0 Å². The summed E-state index contributed by atoms with van der Waals surface area (Å²) in [5.74, 6) is 0.550. The molecule has 2 aromatic carbocycles. The molecule has 0 saturated carbocycles. The van der Waals surface area contributed by atoms with Crippen molar-refractivity contribution in [2.24, 2.45) is 0 Å². The van der Waals surface area contributed by atoms with Gasteiger partial charge in [-0.15, -0.1) is 11.3 Å². The van der Waals surface area contributed by atoms with E-state index < -0.39 is 0 Å². The van der Waals surface area contributed by atoms with Gasteiger partial charge in [0.2, 0.25) is 0 Å². The fourth-order valence-corrected chi connectivity index (χ4v) is 3.71. The highest BCUT2D eigenvalue weighted by Gasteiger charge is 2.17. The molecular formula is C21H17N3O2S. The zero-order valence-corrected chi connectivity index (χ0v) is 15.5. The maximum Gasteiger partial charge on any atom is 0.257 e. The minimum Gasteiger partial charge on any atom is -0.494 e. The van der Waals surface area contributed by atoms with E-state index >= 15 is 0 Å². The van der Waals surface area contributed by atoms with Gasteiger partial charge in [-0.05, 0) is 55.5 Å². The lowest BCUT2D eigenvalue weighted by atomic mass is 10.1. The van der Waals surface area contributed by atoms with E-state index in [9.17, 15) is 4.79 Å². The number of thiazole rings is 1. The number of pyridine rings is 1. The van der Waals surface area contributed by atoms with Gasteiger partial charge in [0.15, 0.2) is 0 Å². The number of ether oxygens (including phenoxy) is 1. The van der Waals surface area contributed by atoms with E-state index in [0.717, 1.165) is 21.0 Å². The van der Waals surface area contributed by atoms with Gasteiger partial charge in [-0.3, -0.25) is 9.78 Å². The van der Waals surface area contributed by atoms with Gasteiger partial charge in [-0.25, -0.2) is 4.98 Å². The van der Waals surface area contributed by atoms with Gasteiger partial charge >= 0.3 is 0 Å². The molecule has 1 N–H and O–H groups in total. The number of aromatic nitrogens is 2. The fourth-order valence-electron chi connectivity index (χ4n) is 2.73. The largest absolute Gasteiger partial charge is 0.494 e. The molecule has 6 heteroatoms. The predicted molar refractivity (Wildman–Crippen MR) is 108 cm³/mol. The topological polar surface area (TPSA) is 64.1 Å². The van der Waals surface area contributed by atoms with Crippen LogP contribution < -0.4 is 10.1 Å². The standard InChI is InChI=1S/C21H17N3O2S/c1-2-26-15-11-9-14(10-12-15)23-20(25)16-6-5-13-22-19(16)21-24-17-7-3-4-8-18(17)27-21/h3-13H,2H2,1H3,(H,23,25). The van der Waals surface area contributed by atoms with Crippen molar-refractivity contribution in [3.63, 3.8) is 0 Å². The van der Waals surface area contributed by atoms with Crippen molar-refractivity contribution < 1.29 is 9.53 Å². The molecule has 134 valence electrons. The quantitative estimate of drug-likeness (QED) is 0.533. The Hall–Kier alpha value is -3.25. The van der Waals surface area contributed by atoms with E-state index in [4.69, 9.17) is 4.74 Å². The molecule has 0 saturated heterocycles. The first-order valence-corrected chi connectivity index (χ1v) is 9.41. The zero-order chi connectivity index (χ0) is 18.6. The molecule has 0 atom stereocenters. The lowest BCUT2D eigenvalue weighted by Crippen LogP contribution is -2.13. The van der Waals surface area contributed by atoms with Crippen molar-refractivity contribution in [2.75, 3.05) is 11.9 Å². The number of benzene rings is 2. The molecule has 0 bridgehead atoms. The fraction of sp³-hybridized carbons (Fsp3) is 0.0952. The van der Waals surface area contributed by atoms with Crippen LogP contribution in [-0.2, 0) is 0 Å². The lowest BCUT2D eigenvalue weighted by Gasteiger charge is -2.09. The maximum absolute atomic E-state index is 12.8. The summed E-state index contributed by atoms with van der Waals surface area (Å²) in [5, 5.41) is 3.64. The predicted octanol–water partition coefficient (Wildman–Crippen LogP) is 5.01. The van der Waals surface area contributed by atoms with Crippen molar-refractivity contribution in [1.29, 1.82) is 0 Å². The number of nitrogens with one attached hydrogen (secondary N) is 1. The van der Waals surface area contributed by atoms with E-state index in [1.807, 2.05) is 55.5 Å². The van der Waals surface area contributed by atoms with Crippen LogP contribution >= 0.6 is 11.3 Å². The first-order valence-electron chi connectivity index (χ1n) is 8.60. The molecule has 0 radical (unpaired) electrons. The van der Waals surface area contributed by atoms with Crippen LogP contribution in [0.4, 0.5) is 5.69 Å². The van der Waals surface area contributed by atoms with Crippen LogP contribution in [0.15, 0.2) is 66.9 Å². The van der Waals surface area contributed by atoms with Crippen LogP contribution in [0.1, 0.15) is 17.3 Å². The third kappa shape index (κ3) is 3.66. The molecule has 0 aliphatic rings. The summed E-state index contributed by atoms with van der Waals surface area (Å²) in [6.45, 7) is 2.54. The number of carbonyl (C=O) groups excluding carboxylic acids is 1. The molecule has 2 heterocycles. The Labute approximate surface area is 160 Å². The Morgan fingerprint density at radius 3 is 2.67 bits per heavy atom. The molecule has 4 rings (SSSR count). The molecule has 0 aliphatic heterocycles. The van der Waals surface area contributed by atoms with Crippen molar-refractivity contribution in [3.8, 4) is 16.5 Å². The van der Waals surface area contributed by atoms with Crippen LogP contribution in [0, 0.1) is 0 Å². The van der Waals surface area contributed by atoms with Crippen molar-refractivity contribution >= 4 is 33.1 Å². The van der Waals surface area contributed by atoms with E-state index in [0.29, 0.717) is 23.6 Å². The Morgan fingerprint density at radius 2 is 1.89 bits per heavy atom. The second kappa shape index (κ2) is 7.55. The van der Waals surface area contributed by atoms with E-state index in [-0.39, 0.29) is 5.91 Å². The molecule has 0 spiro atoms. The number of para-hydroxylation sites is 1. The third-order valence-electron chi connectivity index (χ3n) is 3.97. The first kappa shape index (κ1) is 17.2. The van der Waals surface area contributed by atoms with Gasteiger partial charge < -0.3 is 10.1 Å². The third-order valence-corrected chi connectivity index (χ3v) is 5.02. The van der Waals surface area contributed by atoms with Gasteiger partial charge in [0.1, 0.15) is 16.5 Å². The summed E-state index contributed by atoms with van der Waals surface area (Å²) >= 11 is 1.53. The van der Waals surface area contributed by atoms with E-state index in [1.54, 1.807) is 18.3 Å². The smallest absolute Gasteiger partial charge is 0.257 e. The summed E-state index contributed by atoms with van der Waals surface area (Å²) in [6, 6.07) is 18.7. The Morgan fingerprint density at radius 1 is 1.07 bits per heavy atom. The SMILES string of the molecule is CCOc1ccc(NC(=O)c2cccnc2-c2nc3ccccc3s2)cc1. The molecule has 5 nitrogen and oxygen atoms in total. The summed E-state index contributed by atoms with van der Waals surface area (Å²) < 4.78 is 6.49. The van der Waals surface area contributed by atoms with Gasteiger partial charge in [0.25, 0.3) is 5.91 Å². The van der Waals surface area contributed by atoms with Gasteiger partial charge in [-0.1, -0.05) is 12.1 Å². The molecule has 1 amide bonds. The number of fused-ring (bicyclic) bond motifs is 1. The molecule has 2 aromatic heterocycles. The first-order chi connectivity index (χ1) is 13.2. The van der Waals surface area contributed by atoms with Gasteiger partial charge in [0.05, 0.1) is 22.4 Å². The minimum absolute atomic E-state index is 0.221. The van der Waals surface area contributed by atoms with E-state index in [2.05, 4.69) is 15.3 Å². The van der Waals surface area contributed by atoms with Crippen LogP contribution in [0.2, 0.25) is 0 Å². The summed E-state index contributed by atoms with van der Waals surface area (Å²) in [7, 11) is 0. The number of hydrogen-bond donors (Lipinski definition) is 1. The summed E-state index contributed by atoms with van der Waals surface area (Å²) in [4.78, 5) is 21.9. The van der Waals surface area contributed by atoms with Gasteiger partial charge in [0, 0.05) is 11.9 Å². The average Bonchev–Trinajstić information content (AvgIpc) is 3.14. The van der Waals surface area contributed by atoms with Crippen molar-refractivity contribution in [2.45, 2.75) is 6.92 Å². The number of amides is 1. The number of nitrogens with zero attached hydrogens (tertiary/aromatic N) is 2. The molecule has 4 aromatic rings. The number of carbonyl (C=O) groups is 1. The highest BCUT2D eigenvalue weighted by molar-refractivity contribution is 7.21. The number of hydrogen-bond acceptors (Lipinski definition) is 5. The van der Waals surface area contributed by atoms with Crippen LogP contribution in [0.25, 0.3) is 20.9 Å². The van der Waals surface area contributed by atoms with Crippen LogP contribution in [-0.4, -0.2) is 22.5 Å². The average molecular weight is 375 g/mol. The second-order valence-corrected chi connectivity index (χ2v) is 6.83. The second-order valence-electron chi connectivity index (χ2n) is 5.80. The molecule has 0 fully saturated rings. The monoisotopic (exact) mass is 375 g/mol.